The van der Waals surface area contributed by atoms with E-state index in [1.54, 1.807) is 14.2 Å². The Morgan fingerprint density at radius 2 is 2.12 bits per heavy atom. The van der Waals surface area contributed by atoms with Crippen molar-refractivity contribution in [2.75, 3.05) is 27.8 Å². The smallest absolute Gasteiger partial charge is 0.162 e. The second-order valence-corrected chi connectivity index (χ2v) is 7.45. The molecule has 1 heterocycles. The number of hydrogen-bond donors (Lipinski definition) is 1. The first-order valence-electron chi connectivity index (χ1n) is 8.79. The van der Waals surface area contributed by atoms with Crippen molar-refractivity contribution in [2.24, 2.45) is 0 Å². The molecule has 0 radical (unpaired) electrons. The van der Waals surface area contributed by atoms with Crippen molar-refractivity contribution >= 4 is 0 Å². The van der Waals surface area contributed by atoms with Crippen molar-refractivity contribution in [2.45, 2.75) is 42.7 Å². The van der Waals surface area contributed by atoms with Gasteiger partial charge in [-0.1, -0.05) is 12.1 Å². The maximum Gasteiger partial charge on any atom is 0.162 e. The van der Waals surface area contributed by atoms with Crippen molar-refractivity contribution < 1.29 is 14.6 Å². The summed E-state index contributed by atoms with van der Waals surface area (Å²) < 4.78 is 11.6. The van der Waals surface area contributed by atoms with E-state index in [0.717, 1.165) is 48.9 Å². The number of nitriles is 1. The largest absolute Gasteiger partial charge is 0.504 e. The third-order valence-electron chi connectivity index (χ3n) is 6.69. The third-order valence-corrected chi connectivity index (χ3v) is 6.69. The number of phenolic OH excluding ortho intramolecular Hbond substituents is 1. The molecule has 1 fully saturated rings. The molecule has 5 nitrogen and oxygen atoms in total. The molecule has 0 spiro atoms. The molecule has 25 heavy (non-hydrogen) atoms. The van der Waals surface area contributed by atoms with Crippen molar-refractivity contribution in [3.05, 3.63) is 34.9 Å². The lowest BCUT2D eigenvalue weighted by Gasteiger charge is -2.63. The summed E-state index contributed by atoms with van der Waals surface area (Å²) in [5, 5.41) is 20.6. The summed E-state index contributed by atoms with van der Waals surface area (Å²) in [7, 11) is 5.49. The lowest BCUT2D eigenvalue weighted by atomic mass is 9.50. The number of methoxy groups -OCH3 is 2. The molecule has 5 heteroatoms. The highest BCUT2D eigenvalue weighted by Gasteiger charge is 2.64. The van der Waals surface area contributed by atoms with Gasteiger partial charge in [-0.05, 0) is 50.9 Å². The average molecular weight is 340 g/mol. The Labute approximate surface area is 148 Å². The monoisotopic (exact) mass is 340 g/mol. The molecular formula is C20H24N2O3. The summed E-state index contributed by atoms with van der Waals surface area (Å²) in [6, 6.07) is 6.45. The molecule has 1 aliphatic heterocycles. The Hall–Kier alpha value is -2.03. The second-order valence-electron chi connectivity index (χ2n) is 7.45. The molecule has 2 aliphatic carbocycles. The Bertz CT molecular complexity index is 797. The summed E-state index contributed by atoms with van der Waals surface area (Å²) in [4.78, 5) is 2.37. The van der Waals surface area contributed by atoms with Gasteiger partial charge in [0.05, 0.1) is 24.2 Å². The molecule has 1 aromatic rings. The molecule has 132 valence electrons. The number of phenols is 1. The van der Waals surface area contributed by atoms with E-state index >= 15 is 0 Å². The average Bonchev–Trinajstić information content (AvgIpc) is 2.64. The van der Waals surface area contributed by atoms with E-state index in [0.29, 0.717) is 5.75 Å². The zero-order valence-electron chi connectivity index (χ0n) is 15.0. The van der Waals surface area contributed by atoms with Crippen molar-refractivity contribution in [3.8, 4) is 17.6 Å². The van der Waals surface area contributed by atoms with E-state index in [9.17, 15) is 10.4 Å². The van der Waals surface area contributed by atoms with Gasteiger partial charge in [-0.2, -0.15) is 5.26 Å². The fourth-order valence-electron chi connectivity index (χ4n) is 5.54. The maximum absolute atomic E-state index is 11.0. The highest BCUT2D eigenvalue weighted by molar-refractivity contribution is 5.61. The first-order valence-corrected chi connectivity index (χ1v) is 8.79. The number of rotatable bonds is 2. The summed E-state index contributed by atoms with van der Waals surface area (Å²) >= 11 is 0. The van der Waals surface area contributed by atoms with Gasteiger partial charge in [0.25, 0.3) is 0 Å². The number of allylic oxidation sites excluding steroid dienone is 1. The number of nitrogens with zero attached hydrogens (tertiary/aromatic N) is 2. The number of fused-ring (bicyclic) bond motifs is 1. The highest BCUT2D eigenvalue weighted by Crippen LogP contribution is 2.61. The third kappa shape index (κ3) is 1.90. The summed E-state index contributed by atoms with van der Waals surface area (Å²) in [6.07, 6.45) is 5.23. The van der Waals surface area contributed by atoms with E-state index in [-0.39, 0.29) is 11.8 Å². The first-order chi connectivity index (χ1) is 12.0. The van der Waals surface area contributed by atoms with Crippen molar-refractivity contribution in [3.63, 3.8) is 0 Å². The van der Waals surface area contributed by atoms with E-state index in [1.807, 2.05) is 6.07 Å². The van der Waals surface area contributed by atoms with Crippen molar-refractivity contribution in [1.82, 2.24) is 4.90 Å². The predicted octanol–water partition coefficient (Wildman–Crippen LogP) is 2.53. The summed E-state index contributed by atoms with van der Waals surface area (Å²) in [6.45, 7) is 0.904. The van der Waals surface area contributed by atoms with Crippen LogP contribution in [0.25, 0.3) is 0 Å². The van der Waals surface area contributed by atoms with Gasteiger partial charge in [-0.25, -0.2) is 0 Å². The molecule has 3 atom stereocenters. The fraction of sp³-hybridized carbons (Fsp3) is 0.550. The van der Waals surface area contributed by atoms with E-state index < -0.39 is 11.0 Å². The second kappa shape index (κ2) is 5.48. The van der Waals surface area contributed by atoms with Gasteiger partial charge in [0, 0.05) is 24.3 Å². The Morgan fingerprint density at radius 1 is 1.32 bits per heavy atom. The Morgan fingerprint density at radius 3 is 2.80 bits per heavy atom. The van der Waals surface area contributed by atoms with Crippen LogP contribution in [0.15, 0.2) is 23.8 Å². The Balaban J connectivity index is 2.07. The number of benzene rings is 1. The number of hydrogen-bond acceptors (Lipinski definition) is 5. The van der Waals surface area contributed by atoms with Gasteiger partial charge in [0.15, 0.2) is 11.5 Å². The first kappa shape index (κ1) is 16.4. The quantitative estimate of drug-likeness (QED) is 0.896. The van der Waals surface area contributed by atoms with Gasteiger partial charge in [0.2, 0.25) is 0 Å². The van der Waals surface area contributed by atoms with Crippen LogP contribution in [0, 0.1) is 11.3 Å². The highest BCUT2D eigenvalue weighted by atomic mass is 16.5. The van der Waals surface area contributed by atoms with E-state index in [4.69, 9.17) is 9.47 Å². The molecule has 0 amide bonds. The number of likely N-dealkylation sites (N-methyl/N-ethyl adjacent to an activating group) is 1. The normalized spacial score (nSPS) is 33.7. The molecule has 0 saturated carbocycles. The van der Waals surface area contributed by atoms with Crippen LogP contribution >= 0.6 is 0 Å². The van der Waals surface area contributed by atoms with E-state index in [2.05, 4.69) is 30.2 Å². The molecule has 1 saturated heterocycles. The molecule has 2 bridgehead atoms. The van der Waals surface area contributed by atoms with Gasteiger partial charge in [-0.15, -0.1) is 0 Å². The molecule has 0 aromatic heterocycles. The summed E-state index contributed by atoms with van der Waals surface area (Å²) in [5.74, 6) is 0.674. The zero-order valence-corrected chi connectivity index (χ0v) is 15.0. The number of aromatic hydroxyl groups is 1. The van der Waals surface area contributed by atoms with Crippen LogP contribution in [0.4, 0.5) is 0 Å². The van der Waals surface area contributed by atoms with Crippen LogP contribution in [0.5, 0.6) is 11.5 Å². The van der Waals surface area contributed by atoms with Crippen LogP contribution in [-0.2, 0) is 16.6 Å². The summed E-state index contributed by atoms with van der Waals surface area (Å²) in [5.41, 5.74) is 1.88. The fourth-order valence-corrected chi connectivity index (χ4v) is 5.54. The molecule has 1 N–H and O–H groups in total. The van der Waals surface area contributed by atoms with Gasteiger partial charge in [0.1, 0.15) is 0 Å². The van der Waals surface area contributed by atoms with Crippen LogP contribution in [0.3, 0.4) is 0 Å². The SMILES string of the molecule is COc1ccc2c(c1O)[C@@]13C=C(C#N)CC[C@@]1(OC)[C@@H](C2)N(C)CC3. The minimum Gasteiger partial charge on any atom is -0.504 e. The zero-order chi connectivity index (χ0) is 17.8. The van der Waals surface area contributed by atoms with Gasteiger partial charge < -0.3 is 19.5 Å². The lowest BCUT2D eigenvalue weighted by Crippen LogP contribution is -2.71. The molecule has 4 rings (SSSR count). The number of piperidine rings is 1. The predicted molar refractivity (Wildman–Crippen MR) is 93.7 cm³/mol. The Kier molecular flexibility index (Phi) is 3.61. The van der Waals surface area contributed by atoms with E-state index in [1.165, 1.54) is 0 Å². The van der Waals surface area contributed by atoms with Gasteiger partial charge in [-0.3, -0.25) is 0 Å². The maximum atomic E-state index is 11.0. The number of likely N-dealkylation sites (tertiary alicyclic amines) is 1. The van der Waals surface area contributed by atoms with Crippen LogP contribution in [0.1, 0.15) is 30.4 Å². The minimum atomic E-state index is -0.492. The number of ether oxygens (including phenoxy) is 2. The molecule has 0 unspecified atom stereocenters. The molecule has 3 aliphatic rings. The van der Waals surface area contributed by atoms with Crippen LogP contribution in [0.2, 0.25) is 0 Å². The lowest BCUT2D eigenvalue weighted by molar-refractivity contribution is -0.155. The van der Waals surface area contributed by atoms with Crippen LogP contribution in [-0.4, -0.2) is 49.5 Å². The standard InChI is InChI=1S/C20H24N2O3/c1-22-9-8-19-11-13(12-21)6-7-20(19,25-3)16(22)10-14-4-5-15(24-2)18(23)17(14)19/h4-5,11,16,23H,6-10H2,1-3H3/t16-,19-,20-/m1/s1. The van der Waals surface area contributed by atoms with Gasteiger partial charge >= 0.3 is 0 Å². The molecule has 1 aromatic carbocycles. The minimum absolute atomic E-state index is 0.194. The van der Waals surface area contributed by atoms with Crippen molar-refractivity contribution in [1.29, 1.82) is 5.26 Å². The molecular weight excluding hydrogens is 316 g/mol. The topological polar surface area (TPSA) is 65.7 Å². The van der Waals surface area contributed by atoms with Crippen LogP contribution < -0.4 is 4.74 Å².